The summed E-state index contributed by atoms with van der Waals surface area (Å²) in [6.07, 6.45) is 3.69. The second kappa shape index (κ2) is 15.5. The molecule has 1 saturated heterocycles. The highest BCUT2D eigenvalue weighted by atomic mass is 35.5. The first-order chi connectivity index (χ1) is 18.6. The third-order valence-electron chi connectivity index (χ3n) is 6.51. The number of carboxylic acids is 2. The Hall–Kier alpha value is -4.07. The van der Waals surface area contributed by atoms with Crippen LogP contribution in [0.3, 0.4) is 0 Å². The number of rotatable bonds is 5. The number of aromatic carboxylic acids is 2. The SMILES string of the molecule is Cc1ccc(C(=O)O)cc1.Cc1ccc(C(=O)O)cc1.Cl.Oc1cc2ccc(CCN3CCCC3)cc2cc1O. The lowest BCUT2D eigenvalue weighted by Gasteiger charge is -2.14. The number of carboxylic acid groups (broad SMARTS) is 2. The van der Waals surface area contributed by atoms with Crippen molar-refractivity contribution in [2.75, 3.05) is 19.6 Å². The van der Waals surface area contributed by atoms with Crippen LogP contribution in [0.2, 0.25) is 0 Å². The maximum Gasteiger partial charge on any atom is 0.335 e. The molecule has 1 heterocycles. The summed E-state index contributed by atoms with van der Waals surface area (Å²) in [5.74, 6) is -1.86. The maximum atomic E-state index is 10.3. The van der Waals surface area contributed by atoms with Gasteiger partial charge >= 0.3 is 11.9 Å². The van der Waals surface area contributed by atoms with Gasteiger partial charge in [-0.15, -0.1) is 12.4 Å². The van der Waals surface area contributed by atoms with E-state index in [9.17, 15) is 19.8 Å². The molecule has 4 N–H and O–H groups in total. The summed E-state index contributed by atoms with van der Waals surface area (Å²) in [5.41, 5.74) is 4.11. The van der Waals surface area contributed by atoms with Crippen LogP contribution in [0.1, 0.15) is 50.2 Å². The molecule has 0 atom stereocenters. The first kappa shape index (κ1) is 32.1. The maximum absolute atomic E-state index is 10.3. The molecule has 7 nitrogen and oxygen atoms in total. The van der Waals surface area contributed by atoms with E-state index in [1.54, 1.807) is 60.7 Å². The molecule has 0 radical (unpaired) electrons. The predicted octanol–water partition coefficient (Wildman–Crippen LogP) is 6.70. The molecule has 0 aliphatic carbocycles. The van der Waals surface area contributed by atoms with Crippen molar-refractivity contribution in [3.63, 3.8) is 0 Å². The van der Waals surface area contributed by atoms with Crippen LogP contribution in [0.5, 0.6) is 11.5 Å². The molecular weight excluding hydrogens is 530 g/mol. The van der Waals surface area contributed by atoms with Crippen molar-refractivity contribution in [3.05, 3.63) is 107 Å². The van der Waals surface area contributed by atoms with Crippen molar-refractivity contribution >= 4 is 35.1 Å². The number of hydrogen-bond donors (Lipinski definition) is 4. The van der Waals surface area contributed by atoms with E-state index in [0.29, 0.717) is 11.1 Å². The normalized spacial score (nSPS) is 12.3. The minimum atomic E-state index is -0.875. The van der Waals surface area contributed by atoms with E-state index in [4.69, 9.17) is 10.2 Å². The fourth-order valence-electron chi connectivity index (χ4n) is 4.16. The van der Waals surface area contributed by atoms with E-state index in [0.717, 1.165) is 34.9 Å². The molecule has 1 aliphatic heterocycles. The molecule has 40 heavy (non-hydrogen) atoms. The lowest BCUT2D eigenvalue weighted by molar-refractivity contribution is 0.0686. The van der Waals surface area contributed by atoms with Gasteiger partial charge in [-0.1, -0.05) is 53.6 Å². The van der Waals surface area contributed by atoms with Gasteiger partial charge in [-0.2, -0.15) is 0 Å². The Morgan fingerprint density at radius 1 is 0.675 bits per heavy atom. The minimum absolute atomic E-state index is 0. The number of aromatic hydroxyl groups is 2. The zero-order valence-electron chi connectivity index (χ0n) is 22.7. The van der Waals surface area contributed by atoms with Crippen molar-refractivity contribution in [1.82, 2.24) is 4.90 Å². The second-order valence-electron chi connectivity index (χ2n) is 9.66. The Balaban J connectivity index is 0.000000228. The third kappa shape index (κ3) is 9.91. The Kier molecular flexibility index (Phi) is 12.5. The van der Waals surface area contributed by atoms with Gasteiger partial charge in [0, 0.05) is 6.54 Å². The van der Waals surface area contributed by atoms with Crippen molar-refractivity contribution in [2.24, 2.45) is 0 Å². The number of fused-ring (bicyclic) bond motifs is 1. The molecular formula is C32H36ClNO6. The van der Waals surface area contributed by atoms with E-state index >= 15 is 0 Å². The molecule has 0 saturated carbocycles. The number of phenolic OH excluding ortho intramolecular Hbond substituents is 2. The van der Waals surface area contributed by atoms with Crippen molar-refractivity contribution in [1.29, 1.82) is 0 Å². The fraction of sp³-hybridized carbons (Fsp3) is 0.250. The van der Waals surface area contributed by atoms with E-state index in [1.807, 2.05) is 19.9 Å². The number of benzene rings is 4. The Labute approximate surface area is 240 Å². The van der Waals surface area contributed by atoms with Crippen LogP contribution in [-0.4, -0.2) is 56.9 Å². The molecule has 1 aliphatic rings. The summed E-state index contributed by atoms with van der Waals surface area (Å²) in [6, 6.07) is 23.0. The van der Waals surface area contributed by atoms with Gasteiger partial charge in [0.25, 0.3) is 0 Å². The second-order valence-corrected chi connectivity index (χ2v) is 9.66. The minimum Gasteiger partial charge on any atom is -0.504 e. The summed E-state index contributed by atoms with van der Waals surface area (Å²) in [7, 11) is 0. The molecule has 8 heteroatoms. The zero-order valence-corrected chi connectivity index (χ0v) is 23.5. The predicted molar refractivity (Wildman–Crippen MR) is 160 cm³/mol. The van der Waals surface area contributed by atoms with Crippen LogP contribution < -0.4 is 0 Å². The number of nitrogens with zero attached hydrogens (tertiary/aromatic N) is 1. The molecule has 0 unspecified atom stereocenters. The number of carbonyl (C=O) groups is 2. The highest BCUT2D eigenvalue weighted by molar-refractivity contribution is 5.88. The van der Waals surface area contributed by atoms with Crippen LogP contribution in [0.4, 0.5) is 0 Å². The quantitative estimate of drug-likeness (QED) is 0.199. The standard InChI is InChI=1S/C16H19NO2.2C8H8O2.ClH/c18-15-10-13-4-3-12(9-14(13)11-16(15)19)5-8-17-6-1-2-7-17;2*1-6-2-4-7(5-3-6)8(9)10;/h3-4,9-11,18-19H,1-2,5-8H2;2*2-5H,1H3,(H,9,10);1H. The van der Waals surface area contributed by atoms with Gasteiger partial charge in [-0.05, 0) is 98.9 Å². The average Bonchev–Trinajstić information content (AvgIpc) is 3.43. The molecule has 4 aromatic carbocycles. The van der Waals surface area contributed by atoms with E-state index in [2.05, 4.69) is 17.0 Å². The summed E-state index contributed by atoms with van der Waals surface area (Å²) < 4.78 is 0. The van der Waals surface area contributed by atoms with Crippen molar-refractivity contribution in [3.8, 4) is 11.5 Å². The topological polar surface area (TPSA) is 118 Å². The van der Waals surface area contributed by atoms with Crippen molar-refractivity contribution in [2.45, 2.75) is 33.1 Å². The van der Waals surface area contributed by atoms with Crippen LogP contribution in [-0.2, 0) is 6.42 Å². The Morgan fingerprint density at radius 3 is 1.57 bits per heavy atom. The van der Waals surface area contributed by atoms with Crippen LogP contribution in [0.15, 0.2) is 78.9 Å². The molecule has 212 valence electrons. The first-order valence-electron chi connectivity index (χ1n) is 12.9. The smallest absolute Gasteiger partial charge is 0.335 e. The van der Waals surface area contributed by atoms with Gasteiger partial charge in [0.15, 0.2) is 11.5 Å². The van der Waals surface area contributed by atoms with Gasteiger partial charge in [0.2, 0.25) is 0 Å². The summed E-state index contributed by atoms with van der Waals surface area (Å²) in [6.45, 7) is 7.40. The van der Waals surface area contributed by atoms with Crippen LogP contribution in [0.25, 0.3) is 10.8 Å². The van der Waals surface area contributed by atoms with E-state index in [1.165, 1.54) is 31.5 Å². The highest BCUT2D eigenvalue weighted by Gasteiger charge is 2.11. The molecule has 0 spiro atoms. The van der Waals surface area contributed by atoms with Gasteiger partial charge in [0.05, 0.1) is 11.1 Å². The molecule has 4 aromatic rings. The average molecular weight is 566 g/mol. The van der Waals surface area contributed by atoms with Crippen LogP contribution in [0, 0.1) is 13.8 Å². The molecule has 1 fully saturated rings. The zero-order chi connectivity index (χ0) is 28.4. The number of halogens is 1. The Morgan fingerprint density at radius 2 is 1.12 bits per heavy atom. The number of aryl methyl sites for hydroxylation is 2. The van der Waals surface area contributed by atoms with Crippen molar-refractivity contribution < 1.29 is 30.0 Å². The molecule has 0 amide bonds. The van der Waals surface area contributed by atoms with Crippen LogP contribution >= 0.6 is 12.4 Å². The molecule has 0 aromatic heterocycles. The van der Waals surface area contributed by atoms with E-state index in [-0.39, 0.29) is 23.9 Å². The Bertz CT molecular complexity index is 1340. The molecule has 0 bridgehead atoms. The van der Waals surface area contributed by atoms with E-state index < -0.39 is 11.9 Å². The number of hydrogen-bond acceptors (Lipinski definition) is 5. The van der Waals surface area contributed by atoms with Gasteiger partial charge in [-0.25, -0.2) is 9.59 Å². The lowest BCUT2D eigenvalue weighted by atomic mass is 10.0. The first-order valence-corrected chi connectivity index (χ1v) is 12.9. The number of phenols is 2. The summed E-state index contributed by atoms with van der Waals surface area (Å²) in [5, 5.41) is 37.9. The summed E-state index contributed by atoms with van der Waals surface area (Å²) >= 11 is 0. The fourth-order valence-corrected chi connectivity index (χ4v) is 4.16. The largest absolute Gasteiger partial charge is 0.504 e. The van der Waals surface area contributed by atoms with Gasteiger partial charge < -0.3 is 25.3 Å². The summed E-state index contributed by atoms with van der Waals surface area (Å²) in [4.78, 5) is 23.1. The van der Waals surface area contributed by atoms with Gasteiger partial charge in [-0.3, -0.25) is 0 Å². The van der Waals surface area contributed by atoms with Gasteiger partial charge in [0.1, 0.15) is 0 Å². The lowest BCUT2D eigenvalue weighted by Crippen LogP contribution is -2.21. The molecule has 5 rings (SSSR count). The third-order valence-corrected chi connectivity index (χ3v) is 6.51. The highest BCUT2D eigenvalue weighted by Crippen LogP contribution is 2.30. The monoisotopic (exact) mass is 565 g/mol. The number of likely N-dealkylation sites (tertiary alicyclic amines) is 1.